The minimum Gasteiger partial charge on any atom is -0.454 e. The van der Waals surface area contributed by atoms with Crippen LogP contribution < -0.4 is 5.32 Å². The molecule has 104 valence electrons. The zero-order valence-corrected chi connectivity index (χ0v) is 11.3. The molecule has 5 nitrogen and oxygen atoms in total. The number of nitrogens with one attached hydrogen (secondary N) is 1. The quantitative estimate of drug-likeness (QED) is 0.870. The Balaban J connectivity index is 1.83. The molecule has 20 heavy (non-hydrogen) atoms. The Bertz CT molecular complexity index is 613. The Kier molecular flexibility index (Phi) is 4.20. The topological polar surface area (TPSA) is 68.5 Å². The first-order chi connectivity index (χ1) is 9.54. The SMILES string of the molecule is Cc1ccc(NC(=O)COC(=O)c2ccc(C)o2)cc1. The van der Waals surface area contributed by atoms with Gasteiger partial charge in [0.2, 0.25) is 5.76 Å². The number of furan rings is 1. The van der Waals surface area contributed by atoms with Crippen LogP contribution >= 0.6 is 0 Å². The molecular formula is C15H15NO4. The van der Waals surface area contributed by atoms with Crippen LogP contribution in [-0.4, -0.2) is 18.5 Å². The Morgan fingerprint density at radius 3 is 2.40 bits per heavy atom. The lowest BCUT2D eigenvalue weighted by Gasteiger charge is -2.05. The Morgan fingerprint density at radius 1 is 1.10 bits per heavy atom. The van der Waals surface area contributed by atoms with Crippen molar-refractivity contribution in [2.24, 2.45) is 0 Å². The van der Waals surface area contributed by atoms with Gasteiger partial charge in [-0.05, 0) is 38.1 Å². The van der Waals surface area contributed by atoms with Crippen LogP contribution in [0.4, 0.5) is 5.69 Å². The van der Waals surface area contributed by atoms with Gasteiger partial charge in [-0.15, -0.1) is 0 Å². The summed E-state index contributed by atoms with van der Waals surface area (Å²) in [5, 5.41) is 2.63. The minimum atomic E-state index is -0.655. The molecule has 1 heterocycles. The second-order valence-corrected chi connectivity index (χ2v) is 4.40. The van der Waals surface area contributed by atoms with Gasteiger partial charge in [-0.2, -0.15) is 0 Å². The summed E-state index contributed by atoms with van der Waals surface area (Å²) in [5.74, 6) is -0.352. The molecule has 0 aliphatic heterocycles. The van der Waals surface area contributed by atoms with E-state index in [0.717, 1.165) is 5.56 Å². The highest BCUT2D eigenvalue weighted by molar-refractivity contribution is 5.94. The first-order valence-corrected chi connectivity index (χ1v) is 6.14. The summed E-state index contributed by atoms with van der Waals surface area (Å²) in [6.45, 7) is 3.33. The summed E-state index contributed by atoms with van der Waals surface area (Å²) >= 11 is 0. The largest absolute Gasteiger partial charge is 0.454 e. The standard InChI is InChI=1S/C15H15NO4/c1-10-3-6-12(7-4-10)16-14(17)9-19-15(18)13-8-5-11(2)20-13/h3-8H,9H2,1-2H3,(H,16,17). The average molecular weight is 273 g/mol. The van der Waals surface area contributed by atoms with E-state index >= 15 is 0 Å². The first-order valence-electron chi connectivity index (χ1n) is 6.14. The molecule has 1 aromatic heterocycles. The van der Waals surface area contributed by atoms with Gasteiger partial charge >= 0.3 is 5.97 Å². The number of anilines is 1. The smallest absolute Gasteiger partial charge is 0.374 e. The van der Waals surface area contributed by atoms with Crippen molar-refractivity contribution in [3.63, 3.8) is 0 Å². The van der Waals surface area contributed by atoms with Crippen molar-refractivity contribution in [3.8, 4) is 0 Å². The van der Waals surface area contributed by atoms with Crippen LogP contribution in [0.2, 0.25) is 0 Å². The lowest BCUT2D eigenvalue weighted by atomic mass is 10.2. The number of benzene rings is 1. The number of aryl methyl sites for hydroxylation is 2. The molecule has 1 aromatic carbocycles. The molecule has 0 aliphatic rings. The molecule has 0 bridgehead atoms. The number of carbonyl (C=O) groups is 2. The van der Waals surface area contributed by atoms with Crippen molar-refractivity contribution < 1.29 is 18.7 Å². The highest BCUT2D eigenvalue weighted by atomic mass is 16.5. The highest BCUT2D eigenvalue weighted by Gasteiger charge is 2.13. The third kappa shape index (κ3) is 3.71. The van der Waals surface area contributed by atoms with Crippen LogP contribution in [0, 0.1) is 13.8 Å². The molecule has 1 N–H and O–H groups in total. The van der Waals surface area contributed by atoms with E-state index in [2.05, 4.69) is 5.32 Å². The van der Waals surface area contributed by atoms with Gasteiger partial charge in [-0.1, -0.05) is 17.7 Å². The van der Waals surface area contributed by atoms with E-state index in [0.29, 0.717) is 11.4 Å². The van der Waals surface area contributed by atoms with E-state index in [9.17, 15) is 9.59 Å². The van der Waals surface area contributed by atoms with E-state index in [-0.39, 0.29) is 12.4 Å². The van der Waals surface area contributed by atoms with Gasteiger partial charge in [0.15, 0.2) is 6.61 Å². The van der Waals surface area contributed by atoms with Crippen LogP contribution in [0.3, 0.4) is 0 Å². The Hall–Kier alpha value is -2.56. The molecule has 2 rings (SSSR count). The van der Waals surface area contributed by atoms with Crippen LogP contribution in [-0.2, 0) is 9.53 Å². The molecule has 0 atom stereocenters. The normalized spacial score (nSPS) is 10.1. The van der Waals surface area contributed by atoms with Crippen LogP contribution in [0.25, 0.3) is 0 Å². The predicted molar refractivity (Wildman–Crippen MR) is 73.5 cm³/mol. The molecule has 0 aliphatic carbocycles. The fourth-order valence-electron chi connectivity index (χ4n) is 1.58. The van der Waals surface area contributed by atoms with Crippen LogP contribution in [0.1, 0.15) is 21.9 Å². The third-order valence-electron chi connectivity index (χ3n) is 2.61. The van der Waals surface area contributed by atoms with Gasteiger partial charge in [-0.3, -0.25) is 4.79 Å². The molecule has 0 unspecified atom stereocenters. The van der Waals surface area contributed by atoms with Crippen molar-refractivity contribution in [3.05, 3.63) is 53.5 Å². The predicted octanol–water partition coefficient (Wildman–Crippen LogP) is 2.69. The molecule has 0 saturated heterocycles. The van der Waals surface area contributed by atoms with E-state index in [4.69, 9.17) is 9.15 Å². The molecule has 0 radical (unpaired) electrons. The molecule has 1 amide bonds. The number of carbonyl (C=O) groups excluding carboxylic acids is 2. The molecule has 0 fully saturated rings. The number of hydrogen-bond donors (Lipinski definition) is 1. The van der Waals surface area contributed by atoms with Crippen LogP contribution in [0.15, 0.2) is 40.8 Å². The Labute approximate surface area is 116 Å². The average Bonchev–Trinajstić information content (AvgIpc) is 2.85. The van der Waals surface area contributed by atoms with Crippen molar-refractivity contribution in [1.29, 1.82) is 0 Å². The van der Waals surface area contributed by atoms with Gasteiger partial charge in [0.1, 0.15) is 5.76 Å². The lowest BCUT2D eigenvalue weighted by Crippen LogP contribution is -2.20. The number of ether oxygens (including phenoxy) is 1. The molecule has 0 saturated carbocycles. The van der Waals surface area contributed by atoms with Gasteiger partial charge in [0.25, 0.3) is 5.91 Å². The molecule has 5 heteroatoms. The fourth-order valence-corrected chi connectivity index (χ4v) is 1.58. The van der Waals surface area contributed by atoms with Crippen molar-refractivity contribution in [2.45, 2.75) is 13.8 Å². The van der Waals surface area contributed by atoms with Crippen molar-refractivity contribution in [1.82, 2.24) is 0 Å². The van der Waals surface area contributed by atoms with Gasteiger partial charge < -0.3 is 14.5 Å². The maximum Gasteiger partial charge on any atom is 0.374 e. The zero-order chi connectivity index (χ0) is 14.5. The van der Waals surface area contributed by atoms with E-state index < -0.39 is 11.9 Å². The van der Waals surface area contributed by atoms with E-state index in [1.165, 1.54) is 6.07 Å². The van der Waals surface area contributed by atoms with Gasteiger partial charge in [0, 0.05) is 5.69 Å². The summed E-state index contributed by atoms with van der Waals surface area (Å²) in [5.41, 5.74) is 1.76. The lowest BCUT2D eigenvalue weighted by molar-refractivity contribution is -0.119. The van der Waals surface area contributed by atoms with E-state index in [1.807, 2.05) is 19.1 Å². The summed E-state index contributed by atoms with van der Waals surface area (Å²) in [6.07, 6.45) is 0. The first kappa shape index (κ1) is 13.9. The number of rotatable bonds is 4. The van der Waals surface area contributed by atoms with Crippen molar-refractivity contribution >= 4 is 17.6 Å². The summed E-state index contributed by atoms with van der Waals surface area (Å²) in [7, 11) is 0. The molecular weight excluding hydrogens is 258 g/mol. The van der Waals surface area contributed by atoms with Crippen molar-refractivity contribution in [2.75, 3.05) is 11.9 Å². The maximum absolute atomic E-state index is 11.6. The second kappa shape index (κ2) is 6.06. The minimum absolute atomic E-state index is 0.0886. The van der Waals surface area contributed by atoms with Gasteiger partial charge in [0.05, 0.1) is 0 Å². The summed E-state index contributed by atoms with van der Waals surface area (Å²) in [4.78, 5) is 23.2. The zero-order valence-electron chi connectivity index (χ0n) is 11.3. The number of esters is 1. The fraction of sp³-hybridized carbons (Fsp3) is 0.200. The number of amides is 1. The highest BCUT2D eigenvalue weighted by Crippen LogP contribution is 2.09. The summed E-state index contributed by atoms with van der Waals surface area (Å²) < 4.78 is 9.96. The summed E-state index contributed by atoms with van der Waals surface area (Å²) in [6, 6.07) is 10.5. The molecule has 2 aromatic rings. The maximum atomic E-state index is 11.6. The molecule has 0 spiro atoms. The monoisotopic (exact) mass is 273 g/mol. The van der Waals surface area contributed by atoms with Crippen LogP contribution in [0.5, 0.6) is 0 Å². The third-order valence-corrected chi connectivity index (χ3v) is 2.61. The van der Waals surface area contributed by atoms with Gasteiger partial charge in [-0.25, -0.2) is 4.79 Å². The number of hydrogen-bond acceptors (Lipinski definition) is 4. The second-order valence-electron chi connectivity index (χ2n) is 4.40. The Morgan fingerprint density at radius 2 is 1.80 bits per heavy atom. The van der Waals surface area contributed by atoms with E-state index in [1.54, 1.807) is 25.1 Å².